The van der Waals surface area contributed by atoms with Crippen molar-refractivity contribution in [2.24, 2.45) is 0 Å². The summed E-state index contributed by atoms with van der Waals surface area (Å²) >= 11 is 0. The molecule has 170 valence electrons. The quantitative estimate of drug-likeness (QED) is 0.390. The number of hydrogen-bond acceptors (Lipinski definition) is 7. The maximum Gasteiger partial charge on any atom is 0.434 e. The zero-order chi connectivity index (χ0) is 23.6. The second-order valence-electron chi connectivity index (χ2n) is 6.93. The third-order valence-electron chi connectivity index (χ3n) is 4.70. The Morgan fingerprint density at radius 3 is 2.67 bits per heavy atom. The van der Waals surface area contributed by atoms with Crippen LogP contribution in [0.2, 0.25) is 0 Å². The number of nitrogens with zero attached hydrogens (tertiary/aromatic N) is 4. The standard InChI is InChI=1S/C22H17F3N4O4/c1-13-6-3-4-9-17(13)29-19(22(23,24)25)16(11-26-29)20-27-18(28-33-20)12-32-15-8-5-7-14(10-15)21(30)31-2/h3-11H,12H2,1-2H3. The Bertz CT molecular complexity index is 1300. The predicted octanol–water partition coefficient (Wildman–Crippen LogP) is 4.62. The van der Waals surface area contributed by atoms with Gasteiger partial charge < -0.3 is 14.0 Å². The van der Waals surface area contributed by atoms with Crippen molar-refractivity contribution in [1.82, 2.24) is 19.9 Å². The number of para-hydroxylation sites is 1. The lowest BCUT2D eigenvalue weighted by Crippen LogP contribution is -2.15. The van der Waals surface area contributed by atoms with Crippen LogP contribution in [0.3, 0.4) is 0 Å². The van der Waals surface area contributed by atoms with Gasteiger partial charge in [-0.15, -0.1) is 0 Å². The molecule has 0 amide bonds. The summed E-state index contributed by atoms with van der Waals surface area (Å²) in [6.07, 6.45) is -3.69. The van der Waals surface area contributed by atoms with Gasteiger partial charge in [-0.2, -0.15) is 23.3 Å². The number of methoxy groups -OCH3 is 1. The third-order valence-corrected chi connectivity index (χ3v) is 4.70. The lowest BCUT2D eigenvalue weighted by atomic mass is 10.2. The number of ether oxygens (including phenoxy) is 2. The van der Waals surface area contributed by atoms with Gasteiger partial charge in [0.1, 0.15) is 5.75 Å². The Morgan fingerprint density at radius 1 is 1.15 bits per heavy atom. The fraction of sp³-hybridized carbons (Fsp3) is 0.182. The second kappa shape index (κ2) is 8.77. The first-order chi connectivity index (χ1) is 15.8. The van der Waals surface area contributed by atoms with Crippen molar-refractivity contribution in [2.45, 2.75) is 19.7 Å². The van der Waals surface area contributed by atoms with E-state index >= 15 is 0 Å². The zero-order valence-corrected chi connectivity index (χ0v) is 17.5. The van der Waals surface area contributed by atoms with Gasteiger partial charge >= 0.3 is 12.1 Å². The minimum Gasteiger partial charge on any atom is -0.485 e. The predicted molar refractivity (Wildman–Crippen MR) is 109 cm³/mol. The number of halogens is 3. The van der Waals surface area contributed by atoms with E-state index in [2.05, 4.69) is 20.0 Å². The minimum absolute atomic E-state index is 0.0187. The van der Waals surface area contributed by atoms with Gasteiger partial charge in [0.05, 0.1) is 30.1 Å². The molecule has 0 aliphatic rings. The molecule has 2 aromatic heterocycles. The first-order valence-corrected chi connectivity index (χ1v) is 9.63. The molecule has 0 saturated heterocycles. The maximum absolute atomic E-state index is 13.9. The molecule has 0 aliphatic heterocycles. The summed E-state index contributed by atoms with van der Waals surface area (Å²) in [7, 11) is 1.26. The van der Waals surface area contributed by atoms with Crippen LogP contribution in [0.4, 0.5) is 13.2 Å². The Kier molecular flexibility index (Phi) is 5.86. The summed E-state index contributed by atoms with van der Waals surface area (Å²) in [6.45, 7) is 1.50. The SMILES string of the molecule is COC(=O)c1cccc(OCc2noc(-c3cnn(-c4ccccc4C)c3C(F)(F)F)n2)c1. The van der Waals surface area contributed by atoms with E-state index in [0.717, 1.165) is 10.9 Å². The van der Waals surface area contributed by atoms with Crippen LogP contribution < -0.4 is 4.74 Å². The van der Waals surface area contributed by atoms with E-state index in [-0.39, 0.29) is 35.1 Å². The van der Waals surface area contributed by atoms with E-state index in [9.17, 15) is 18.0 Å². The van der Waals surface area contributed by atoms with Crippen molar-refractivity contribution in [1.29, 1.82) is 0 Å². The first-order valence-electron chi connectivity index (χ1n) is 9.63. The van der Waals surface area contributed by atoms with E-state index in [1.165, 1.54) is 19.2 Å². The number of esters is 1. The van der Waals surface area contributed by atoms with E-state index in [1.54, 1.807) is 43.3 Å². The summed E-state index contributed by atoms with van der Waals surface area (Å²) in [5.74, 6) is -0.533. The van der Waals surface area contributed by atoms with E-state index in [0.29, 0.717) is 11.3 Å². The van der Waals surface area contributed by atoms with E-state index < -0.39 is 17.8 Å². The van der Waals surface area contributed by atoms with Crippen molar-refractivity contribution < 1.29 is 32.0 Å². The lowest BCUT2D eigenvalue weighted by molar-refractivity contribution is -0.142. The van der Waals surface area contributed by atoms with Gasteiger partial charge in [-0.1, -0.05) is 29.4 Å². The molecular weight excluding hydrogens is 441 g/mol. The van der Waals surface area contributed by atoms with Crippen LogP contribution >= 0.6 is 0 Å². The Morgan fingerprint density at radius 2 is 1.94 bits per heavy atom. The smallest absolute Gasteiger partial charge is 0.434 e. The number of carbonyl (C=O) groups excluding carboxylic acids is 1. The molecule has 0 aliphatic carbocycles. The van der Waals surface area contributed by atoms with Gasteiger partial charge in [0.15, 0.2) is 12.3 Å². The number of benzene rings is 2. The van der Waals surface area contributed by atoms with Gasteiger partial charge in [0, 0.05) is 0 Å². The molecule has 0 spiro atoms. The highest BCUT2D eigenvalue weighted by molar-refractivity contribution is 5.89. The van der Waals surface area contributed by atoms with E-state index in [1.807, 2.05) is 0 Å². The fourth-order valence-corrected chi connectivity index (χ4v) is 3.16. The van der Waals surface area contributed by atoms with Crippen LogP contribution in [0.5, 0.6) is 5.75 Å². The molecule has 0 fully saturated rings. The topological polar surface area (TPSA) is 92.3 Å². The molecule has 0 radical (unpaired) electrons. The van der Waals surface area contributed by atoms with Crippen LogP contribution in [-0.2, 0) is 17.5 Å². The van der Waals surface area contributed by atoms with Crippen LogP contribution in [0.1, 0.15) is 27.4 Å². The Labute approximate surface area is 185 Å². The summed E-state index contributed by atoms with van der Waals surface area (Å²) in [6, 6.07) is 12.8. The average molecular weight is 458 g/mol. The number of rotatable bonds is 6. The molecule has 8 nitrogen and oxygen atoms in total. The third kappa shape index (κ3) is 4.56. The van der Waals surface area contributed by atoms with Crippen LogP contribution in [0.15, 0.2) is 59.3 Å². The van der Waals surface area contributed by atoms with Crippen molar-refractivity contribution >= 4 is 5.97 Å². The highest BCUT2D eigenvalue weighted by atomic mass is 19.4. The summed E-state index contributed by atoms with van der Waals surface area (Å²) in [5.41, 5.74) is -0.200. The molecule has 0 unspecified atom stereocenters. The monoisotopic (exact) mass is 458 g/mol. The number of aromatic nitrogens is 4. The molecule has 0 bridgehead atoms. The average Bonchev–Trinajstić information content (AvgIpc) is 3.44. The number of hydrogen-bond donors (Lipinski definition) is 0. The molecule has 0 atom stereocenters. The number of carbonyl (C=O) groups is 1. The summed E-state index contributed by atoms with van der Waals surface area (Å²) < 4.78 is 57.9. The molecule has 4 rings (SSSR count). The zero-order valence-electron chi connectivity index (χ0n) is 17.5. The molecule has 0 saturated carbocycles. The largest absolute Gasteiger partial charge is 0.485 e. The van der Waals surface area contributed by atoms with Crippen molar-refractivity contribution in [3.05, 3.63) is 77.4 Å². The molecule has 0 N–H and O–H groups in total. The normalized spacial score (nSPS) is 11.4. The first kappa shape index (κ1) is 22.1. The highest BCUT2D eigenvalue weighted by Crippen LogP contribution is 2.38. The van der Waals surface area contributed by atoms with E-state index in [4.69, 9.17) is 9.26 Å². The minimum atomic E-state index is -4.73. The van der Waals surface area contributed by atoms with Crippen LogP contribution in [-0.4, -0.2) is 33.0 Å². The molecule has 2 aromatic carbocycles. The van der Waals surface area contributed by atoms with Gasteiger partial charge in [0.2, 0.25) is 5.82 Å². The number of alkyl halides is 3. The fourth-order valence-electron chi connectivity index (χ4n) is 3.16. The molecule has 2 heterocycles. The Hall–Kier alpha value is -4.15. The van der Waals surface area contributed by atoms with Crippen LogP contribution in [0, 0.1) is 6.92 Å². The summed E-state index contributed by atoms with van der Waals surface area (Å²) in [5, 5.41) is 7.62. The highest BCUT2D eigenvalue weighted by Gasteiger charge is 2.40. The van der Waals surface area contributed by atoms with Crippen molar-refractivity contribution in [3.8, 4) is 22.9 Å². The van der Waals surface area contributed by atoms with Crippen molar-refractivity contribution in [2.75, 3.05) is 7.11 Å². The molecule has 33 heavy (non-hydrogen) atoms. The van der Waals surface area contributed by atoms with Gasteiger partial charge in [-0.05, 0) is 36.8 Å². The second-order valence-corrected chi connectivity index (χ2v) is 6.93. The number of aryl methyl sites for hydroxylation is 1. The van der Waals surface area contributed by atoms with Crippen LogP contribution in [0.25, 0.3) is 17.1 Å². The Balaban J connectivity index is 1.60. The van der Waals surface area contributed by atoms with Gasteiger partial charge in [0.25, 0.3) is 5.89 Å². The summed E-state index contributed by atoms with van der Waals surface area (Å²) in [4.78, 5) is 15.6. The van der Waals surface area contributed by atoms with Gasteiger partial charge in [-0.3, -0.25) is 0 Å². The molecular formula is C22H17F3N4O4. The van der Waals surface area contributed by atoms with Gasteiger partial charge in [-0.25, -0.2) is 9.48 Å². The lowest BCUT2D eigenvalue weighted by Gasteiger charge is -2.13. The van der Waals surface area contributed by atoms with Crippen molar-refractivity contribution in [3.63, 3.8) is 0 Å². The molecule has 11 heteroatoms. The maximum atomic E-state index is 13.9. The molecule has 4 aromatic rings.